The molecule has 0 fully saturated rings. The molecule has 1 aromatic carbocycles. The van der Waals surface area contributed by atoms with Gasteiger partial charge in [0.25, 0.3) is 5.91 Å². The zero-order valence-corrected chi connectivity index (χ0v) is 12.5. The van der Waals surface area contributed by atoms with E-state index in [9.17, 15) is 14.7 Å². The van der Waals surface area contributed by atoms with E-state index in [1.54, 1.807) is 4.90 Å². The molecular formula is C16H17N3O3. The number of anilines is 1. The molecule has 22 heavy (non-hydrogen) atoms. The van der Waals surface area contributed by atoms with Crippen molar-refractivity contribution in [3.05, 3.63) is 47.3 Å². The Bertz CT molecular complexity index is 749. The maximum Gasteiger partial charge on any atom is 0.339 e. The summed E-state index contributed by atoms with van der Waals surface area (Å²) in [5, 5.41) is 13.4. The highest BCUT2D eigenvalue weighted by molar-refractivity contribution is 6.11. The summed E-state index contributed by atoms with van der Waals surface area (Å²) in [5.41, 5.74) is 2.03. The Hall–Kier alpha value is -2.63. The maximum atomic E-state index is 12.9. The number of benzene rings is 1. The number of hydrogen-bond donors (Lipinski definition) is 1. The molecule has 0 saturated carbocycles. The number of carboxylic acid groups (broad SMARTS) is 1. The Kier molecular flexibility index (Phi) is 3.44. The number of aromatic carboxylic acids is 1. The average Bonchev–Trinajstić information content (AvgIpc) is 3.11. The van der Waals surface area contributed by atoms with Gasteiger partial charge in [0, 0.05) is 18.3 Å². The molecule has 1 aromatic heterocycles. The maximum absolute atomic E-state index is 12.9. The number of aromatic nitrogens is 2. The summed E-state index contributed by atoms with van der Waals surface area (Å²) in [6.45, 7) is 4.29. The van der Waals surface area contributed by atoms with Crippen molar-refractivity contribution in [1.82, 2.24) is 9.78 Å². The number of carbonyl (C=O) groups is 2. The standard InChI is InChI=1S/C16H17N3O3/c1-10(2)19-14(12(9-17-19)16(21)22)15(20)18-8-7-11-5-3-4-6-13(11)18/h3-6,9-10H,7-8H2,1-2H3,(H,21,22). The predicted molar refractivity (Wildman–Crippen MR) is 81.4 cm³/mol. The van der Waals surface area contributed by atoms with Crippen molar-refractivity contribution in [2.45, 2.75) is 26.3 Å². The molecule has 0 saturated heterocycles. The van der Waals surface area contributed by atoms with Gasteiger partial charge >= 0.3 is 5.97 Å². The van der Waals surface area contributed by atoms with Crippen LogP contribution in [0.5, 0.6) is 0 Å². The average molecular weight is 299 g/mol. The Balaban J connectivity index is 2.07. The van der Waals surface area contributed by atoms with Gasteiger partial charge in [-0.3, -0.25) is 9.48 Å². The van der Waals surface area contributed by atoms with E-state index in [4.69, 9.17) is 0 Å². The fourth-order valence-corrected chi connectivity index (χ4v) is 2.80. The minimum Gasteiger partial charge on any atom is -0.478 e. The van der Waals surface area contributed by atoms with Crippen LogP contribution in [-0.2, 0) is 6.42 Å². The Morgan fingerprint density at radius 2 is 2.00 bits per heavy atom. The molecule has 2 aromatic rings. The third kappa shape index (κ3) is 2.16. The molecule has 2 heterocycles. The van der Waals surface area contributed by atoms with Gasteiger partial charge in [0.1, 0.15) is 11.3 Å². The molecule has 0 spiro atoms. The summed E-state index contributed by atoms with van der Waals surface area (Å²) >= 11 is 0. The van der Waals surface area contributed by atoms with Crippen LogP contribution in [0, 0.1) is 0 Å². The largest absolute Gasteiger partial charge is 0.478 e. The highest BCUT2D eigenvalue weighted by Gasteiger charge is 2.31. The molecule has 0 aliphatic carbocycles. The van der Waals surface area contributed by atoms with Crippen molar-refractivity contribution >= 4 is 17.6 Å². The normalized spacial score (nSPS) is 13.5. The highest BCUT2D eigenvalue weighted by atomic mass is 16.4. The van der Waals surface area contributed by atoms with Gasteiger partial charge in [-0.1, -0.05) is 18.2 Å². The van der Waals surface area contributed by atoms with Crippen LogP contribution in [0.25, 0.3) is 0 Å². The molecule has 6 heteroatoms. The van der Waals surface area contributed by atoms with E-state index in [0.29, 0.717) is 6.54 Å². The molecule has 6 nitrogen and oxygen atoms in total. The predicted octanol–water partition coefficient (Wildman–Crippen LogP) is 2.37. The van der Waals surface area contributed by atoms with Crippen LogP contribution in [0.3, 0.4) is 0 Å². The van der Waals surface area contributed by atoms with Gasteiger partial charge in [-0.2, -0.15) is 5.10 Å². The number of para-hydroxylation sites is 1. The first kappa shape index (κ1) is 14.3. The zero-order valence-electron chi connectivity index (χ0n) is 12.5. The van der Waals surface area contributed by atoms with Crippen LogP contribution in [0.15, 0.2) is 30.5 Å². The summed E-state index contributed by atoms with van der Waals surface area (Å²) in [4.78, 5) is 26.0. The van der Waals surface area contributed by atoms with Gasteiger partial charge in [0.15, 0.2) is 0 Å². The van der Waals surface area contributed by atoms with Gasteiger partial charge in [-0.15, -0.1) is 0 Å². The molecule has 3 rings (SSSR count). The summed E-state index contributed by atoms with van der Waals surface area (Å²) < 4.78 is 1.48. The van der Waals surface area contributed by atoms with Gasteiger partial charge < -0.3 is 10.0 Å². The smallest absolute Gasteiger partial charge is 0.339 e. The van der Waals surface area contributed by atoms with Crippen molar-refractivity contribution in [1.29, 1.82) is 0 Å². The number of carbonyl (C=O) groups excluding carboxylic acids is 1. The van der Waals surface area contributed by atoms with Crippen molar-refractivity contribution < 1.29 is 14.7 Å². The Labute approximate surface area is 128 Å². The number of rotatable bonds is 3. The van der Waals surface area contributed by atoms with Crippen LogP contribution in [0.1, 0.15) is 46.3 Å². The second-order valence-corrected chi connectivity index (χ2v) is 5.59. The van der Waals surface area contributed by atoms with E-state index in [-0.39, 0.29) is 23.2 Å². The molecule has 0 unspecified atom stereocenters. The fourth-order valence-electron chi connectivity index (χ4n) is 2.80. The van der Waals surface area contributed by atoms with Gasteiger partial charge in [-0.05, 0) is 31.9 Å². The van der Waals surface area contributed by atoms with Crippen molar-refractivity contribution in [3.63, 3.8) is 0 Å². The topological polar surface area (TPSA) is 75.4 Å². The van der Waals surface area contributed by atoms with Crippen molar-refractivity contribution in [2.24, 2.45) is 0 Å². The van der Waals surface area contributed by atoms with Crippen molar-refractivity contribution in [3.8, 4) is 0 Å². The number of hydrogen-bond acceptors (Lipinski definition) is 3. The van der Waals surface area contributed by atoms with Crippen LogP contribution in [0.4, 0.5) is 5.69 Å². The molecular weight excluding hydrogens is 282 g/mol. The molecule has 1 amide bonds. The number of nitrogens with zero attached hydrogens (tertiary/aromatic N) is 3. The van der Waals surface area contributed by atoms with E-state index in [1.807, 2.05) is 38.1 Å². The Morgan fingerprint density at radius 1 is 1.27 bits per heavy atom. The second-order valence-electron chi connectivity index (χ2n) is 5.59. The van der Waals surface area contributed by atoms with E-state index >= 15 is 0 Å². The lowest BCUT2D eigenvalue weighted by molar-refractivity contribution is 0.0691. The van der Waals surface area contributed by atoms with Crippen LogP contribution >= 0.6 is 0 Å². The first-order valence-corrected chi connectivity index (χ1v) is 7.21. The van der Waals surface area contributed by atoms with E-state index in [0.717, 1.165) is 17.7 Å². The third-order valence-corrected chi connectivity index (χ3v) is 3.85. The monoisotopic (exact) mass is 299 g/mol. The lowest BCUT2D eigenvalue weighted by atomic mass is 10.1. The molecule has 1 aliphatic rings. The first-order chi connectivity index (χ1) is 10.5. The highest BCUT2D eigenvalue weighted by Crippen LogP contribution is 2.30. The van der Waals surface area contributed by atoms with Gasteiger partial charge in [0.2, 0.25) is 0 Å². The number of carboxylic acids is 1. The minimum atomic E-state index is -1.14. The molecule has 0 radical (unpaired) electrons. The van der Waals surface area contributed by atoms with E-state index in [1.165, 1.54) is 10.9 Å². The van der Waals surface area contributed by atoms with Gasteiger partial charge in [-0.25, -0.2) is 4.79 Å². The van der Waals surface area contributed by atoms with Crippen LogP contribution in [0.2, 0.25) is 0 Å². The molecule has 114 valence electrons. The summed E-state index contributed by atoms with van der Waals surface area (Å²) in [5.74, 6) is -1.45. The molecule has 0 bridgehead atoms. The van der Waals surface area contributed by atoms with E-state index < -0.39 is 5.97 Å². The SMILES string of the molecule is CC(C)n1ncc(C(=O)O)c1C(=O)N1CCc2ccccc21. The molecule has 1 aliphatic heterocycles. The quantitative estimate of drug-likeness (QED) is 0.944. The van der Waals surface area contributed by atoms with Crippen molar-refractivity contribution in [2.75, 3.05) is 11.4 Å². The number of fused-ring (bicyclic) bond motifs is 1. The first-order valence-electron chi connectivity index (χ1n) is 7.21. The lowest BCUT2D eigenvalue weighted by Gasteiger charge is -2.19. The minimum absolute atomic E-state index is 0.0527. The van der Waals surface area contributed by atoms with Crippen LogP contribution in [-0.4, -0.2) is 33.3 Å². The van der Waals surface area contributed by atoms with E-state index in [2.05, 4.69) is 5.10 Å². The number of amides is 1. The van der Waals surface area contributed by atoms with Crippen LogP contribution < -0.4 is 4.90 Å². The molecule has 0 atom stereocenters. The lowest BCUT2D eigenvalue weighted by Crippen LogP contribution is -2.32. The van der Waals surface area contributed by atoms with Gasteiger partial charge in [0.05, 0.1) is 6.20 Å². The Morgan fingerprint density at radius 3 is 2.68 bits per heavy atom. The summed E-state index contributed by atoms with van der Waals surface area (Å²) in [6, 6.07) is 7.60. The molecule has 1 N–H and O–H groups in total. The summed E-state index contributed by atoms with van der Waals surface area (Å²) in [7, 11) is 0. The fraction of sp³-hybridized carbons (Fsp3) is 0.312. The zero-order chi connectivity index (χ0) is 15.9. The second kappa shape index (κ2) is 5.29. The third-order valence-electron chi connectivity index (χ3n) is 3.85. The summed E-state index contributed by atoms with van der Waals surface area (Å²) in [6.07, 6.45) is 2.03.